The third-order valence-corrected chi connectivity index (χ3v) is 4.35. The summed E-state index contributed by atoms with van der Waals surface area (Å²) in [6.07, 6.45) is 2.89. The van der Waals surface area contributed by atoms with Gasteiger partial charge in [0.25, 0.3) is 0 Å². The molecule has 2 aromatic heterocycles. The molecule has 0 saturated carbocycles. The lowest BCUT2D eigenvalue weighted by Crippen LogP contribution is -2.24. The van der Waals surface area contributed by atoms with E-state index in [1.54, 1.807) is 0 Å². The number of carbonyl (C=O) groups excluding carboxylic acids is 1. The highest BCUT2D eigenvalue weighted by Gasteiger charge is 2.14. The second-order valence-corrected chi connectivity index (χ2v) is 6.22. The Hall–Kier alpha value is -3.42. The molecule has 0 aliphatic heterocycles. The summed E-state index contributed by atoms with van der Waals surface area (Å²) in [5.41, 5.74) is 3.92. The van der Waals surface area contributed by atoms with Gasteiger partial charge in [-0.2, -0.15) is 10.2 Å². The molecule has 1 amide bonds. The Kier molecular flexibility index (Phi) is 5.35. The van der Waals surface area contributed by atoms with E-state index in [9.17, 15) is 9.59 Å². The van der Waals surface area contributed by atoms with Crippen LogP contribution in [0.5, 0.6) is 0 Å². The highest BCUT2D eigenvalue weighted by atomic mass is 16.4. The maximum absolute atomic E-state index is 12.1. The van der Waals surface area contributed by atoms with Crippen molar-refractivity contribution >= 4 is 11.9 Å². The average Bonchev–Trinajstić information content (AvgIpc) is 3.24. The smallest absolute Gasteiger partial charge is 0.338 e. The lowest BCUT2D eigenvalue weighted by atomic mass is 10.2. The Labute approximate surface area is 156 Å². The molecule has 0 spiro atoms. The largest absolute Gasteiger partial charge is 0.478 e. The zero-order valence-corrected chi connectivity index (χ0v) is 15.2. The topological polar surface area (TPSA) is 102 Å². The number of aromatic carboxylic acids is 1. The first-order valence-electron chi connectivity index (χ1n) is 8.58. The summed E-state index contributed by atoms with van der Waals surface area (Å²) < 4.78 is 3.32. The molecule has 140 valence electrons. The molecule has 0 bridgehead atoms. The summed E-state index contributed by atoms with van der Waals surface area (Å²) in [4.78, 5) is 23.0. The number of nitrogens with zero attached hydrogens (tertiary/aromatic N) is 4. The fourth-order valence-corrected chi connectivity index (χ4v) is 2.84. The van der Waals surface area contributed by atoms with Gasteiger partial charge in [0.1, 0.15) is 0 Å². The highest BCUT2D eigenvalue weighted by molar-refractivity contribution is 5.86. The Morgan fingerprint density at radius 3 is 2.59 bits per heavy atom. The molecule has 3 aromatic rings. The molecule has 0 aliphatic rings. The van der Waals surface area contributed by atoms with E-state index in [0.717, 1.165) is 22.6 Å². The molecule has 0 fully saturated rings. The van der Waals surface area contributed by atoms with Gasteiger partial charge in [0.05, 0.1) is 23.1 Å². The van der Waals surface area contributed by atoms with Crippen LogP contribution in [0.3, 0.4) is 0 Å². The fraction of sp³-hybridized carbons (Fsp3) is 0.263. The van der Waals surface area contributed by atoms with Crippen molar-refractivity contribution in [2.75, 3.05) is 0 Å². The molecule has 0 atom stereocenters. The maximum Gasteiger partial charge on any atom is 0.338 e. The molecular weight excluding hydrogens is 346 g/mol. The minimum absolute atomic E-state index is 0.106. The number of nitrogens with one attached hydrogen (secondary N) is 1. The number of hydrogen-bond acceptors (Lipinski definition) is 4. The van der Waals surface area contributed by atoms with E-state index >= 15 is 0 Å². The normalized spacial score (nSPS) is 10.7. The molecule has 8 heteroatoms. The standard InChI is InChI=1S/C19H21N5O3/c1-13-17(14(2)24(22-13)16-6-4-3-5-7-16)11-20-18(25)8-9-23-12-15(10-21-23)19(26)27/h3-7,10,12H,8-9,11H2,1-2H3,(H,20,25)(H,26,27). The van der Waals surface area contributed by atoms with Gasteiger partial charge in [0, 0.05) is 37.0 Å². The Morgan fingerprint density at radius 2 is 1.93 bits per heavy atom. The van der Waals surface area contributed by atoms with Crippen LogP contribution in [0.25, 0.3) is 5.69 Å². The van der Waals surface area contributed by atoms with Crippen LogP contribution in [0.4, 0.5) is 0 Å². The third-order valence-electron chi connectivity index (χ3n) is 4.35. The first-order valence-corrected chi connectivity index (χ1v) is 8.58. The summed E-state index contributed by atoms with van der Waals surface area (Å²) in [6.45, 7) is 4.61. The second kappa shape index (κ2) is 7.86. The molecule has 0 aliphatic carbocycles. The van der Waals surface area contributed by atoms with E-state index in [-0.39, 0.29) is 17.9 Å². The van der Waals surface area contributed by atoms with Gasteiger partial charge in [-0.25, -0.2) is 9.48 Å². The van der Waals surface area contributed by atoms with Crippen molar-refractivity contribution in [3.63, 3.8) is 0 Å². The molecule has 2 heterocycles. The lowest BCUT2D eigenvalue weighted by Gasteiger charge is -2.07. The van der Waals surface area contributed by atoms with Crippen LogP contribution in [-0.4, -0.2) is 36.5 Å². The first-order chi connectivity index (χ1) is 13.0. The Balaban J connectivity index is 1.59. The van der Waals surface area contributed by atoms with Gasteiger partial charge < -0.3 is 10.4 Å². The number of amides is 1. The summed E-state index contributed by atoms with van der Waals surface area (Å²) in [5, 5.41) is 20.3. The van der Waals surface area contributed by atoms with Gasteiger partial charge in [-0.1, -0.05) is 18.2 Å². The quantitative estimate of drug-likeness (QED) is 0.666. The van der Waals surface area contributed by atoms with Crippen molar-refractivity contribution in [3.05, 3.63) is 65.2 Å². The van der Waals surface area contributed by atoms with Crippen LogP contribution in [0, 0.1) is 13.8 Å². The summed E-state index contributed by atoms with van der Waals surface area (Å²) in [7, 11) is 0. The van der Waals surface area contributed by atoms with Crippen molar-refractivity contribution in [2.45, 2.75) is 33.4 Å². The molecule has 0 saturated heterocycles. The van der Waals surface area contributed by atoms with Crippen LogP contribution in [0.2, 0.25) is 0 Å². The zero-order chi connectivity index (χ0) is 19.4. The number of para-hydroxylation sites is 1. The van der Waals surface area contributed by atoms with Crippen LogP contribution < -0.4 is 5.32 Å². The molecule has 3 rings (SSSR count). The van der Waals surface area contributed by atoms with Crippen LogP contribution in [-0.2, 0) is 17.9 Å². The SMILES string of the molecule is Cc1nn(-c2ccccc2)c(C)c1CNC(=O)CCn1cc(C(=O)O)cn1. The van der Waals surface area contributed by atoms with E-state index in [1.165, 1.54) is 17.1 Å². The van der Waals surface area contributed by atoms with Crippen molar-refractivity contribution in [1.82, 2.24) is 24.9 Å². The number of rotatable bonds is 7. The average molecular weight is 367 g/mol. The van der Waals surface area contributed by atoms with E-state index in [4.69, 9.17) is 5.11 Å². The zero-order valence-electron chi connectivity index (χ0n) is 15.2. The molecule has 0 radical (unpaired) electrons. The molecular formula is C19H21N5O3. The summed E-state index contributed by atoms with van der Waals surface area (Å²) in [5.74, 6) is -1.17. The van der Waals surface area contributed by atoms with Gasteiger partial charge in [-0.15, -0.1) is 0 Å². The van der Waals surface area contributed by atoms with Crippen LogP contribution >= 0.6 is 0 Å². The predicted molar refractivity (Wildman–Crippen MR) is 98.7 cm³/mol. The Morgan fingerprint density at radius 1 is 1.19 bits per heavy atom. The van der Waals surface area contributed by atoms with Crippen LogP contribution in [0.15, 0.2) is 42.7 Å². The number of carboxylic acids is 1. The minimum atomic E-state index is -1.04. The van der Waals surface area contributed by atoms with Crippen molar-refractivity contribution in [1.29, 1.82) is 0 Å². The predicted octanol–water partition coefficient (Wildman–Crippen LogP) is 2.09. The number of hydrogen-bond donors (Lipinski definition) is 2. The first kappa shape index (κ1) is 18.4. The van der Waals surface area contributed by atoms with E-state index in [1.807, 2.05) is 48.9 Å². The second-order valence-electron chi connectivity index (χ2n) is 6.22. The number of carboxylic acid groups (broad SMARTS) is 1. The van der Waals surface area contributed by atoms with Crippen molar-refractivity contribution in [2.24, 2.45) is 0 Å². The summed E-state index contributed by atoms with van der Waals surface area (Å²) in [6, 6.07) is 9.83. The monoisotopic (exact) mass is 367 g/mol. The van der Waals surface area contributed by atoms with Gasteiger partial charge in [-0.05, 0) is 26.0 Å². The van der Waals surface area contributed by atoms with Gasteiger partial charge in [0.15, 0.2) is 0 Å². The number of carbonyl (C=O) groups is 2. The van der Waals surface area contributed by atoms with E-state index in [2.05, 4.69) is 15.5 Å². The van der Waals surface area contributed by atoms with Crippen molar-refractivity contribution < 1.29 is 14.7 Å². The number of aryl methyl sites for hydroxylation is 2. The lowest BCUT2D eigenvalue weighted by molar-refractivity contribution is -0.121. The minimum Gasteiger partial charge on any atom is -0.478 e. The summed E-state index contributed by atoms with van der Waals surface area (Å²) >= 11 is 0. The molecule has 0 unspecified atom stereocenters. The maximum atomic E-state index is 12.1. The van der Waals surface area contributed by atoms with Gasteiger partial charge in [-0.3, -0.25) is 9.48 Å². The van der Waals surface area contributed by atoms with Crippen LogP contribution in [0.1, 0.15) is 33.7 Å². The van der Waals surface area contributed by atoms with Gasteiger partial charge >= 0.3 is 5.97 Å². The number of aromatic nitrogens is 4. The van der Waals surface area contributed by atoms with E-state index in [0.29, 0.717) is 13.1 Å². The molecule has 8 nitrogen and oxygen atoms in total. The number of benzene rings is 1. The van der Waals surface area contributed by atoms with Gasteiger partial charge in [0.2, 0.25) is 5.91 Å². The molecule has 2 N–H and O–H groups in total. The Bertz CT molecular complexity index is 959. The highest BCUT2D eigenvalue weighted by Crippen LogP contribution is 2.17. The third kappa shape index (κ3) is 4.22. The molecule has 1 aromatic carbocycles. The molecule has 27 heavy (non-hydrogen) atoms. The van der Waals surface area contributed by atoms with E-state index < -0.39 is 5.97 Å². The van der Waals surface area contributed by atoms with Crippen molar-refractivity contribution in [3.8, 4) is 5.69 Å². The fourth-order valence-electron chi connectivity index (χ4n) is 2.84.